The van der Waals surface area contributed by atoms with Gasteiger partial charge in [0.25, 0.3) is 0 Å². The molecule has 1 aromatic heterocycles. The fraction of sp³-hybridized carbons (Fsp3) is 0.353. The fourth-order valence-corrected chi connectivity index (χ4v) is 3.41. The maximum atomic E-state index is 12.2. The van der Waals surface area contributed by atoms with Crippen LogP contribution < -0.4 is 15.4 Å². The van der Waals surface area contributed by atoms with Gasteiger partial charge in [-0.05, 0) is 24.4 Å². The van der Waals surface area contributed by atoms with Crippen molar-refractivity contribution < 1.29 is 14.6 Å². The normalized spacial score (nSPS) is 19.1. The lowest BCUT2D eigenvalue weighted by molar-refractivity contribution is 0.0629. The minimum absolute atomic E-state index is 0.0772. The zero-order chi connectivity index (χ0) is 16.3. The third-order valence-electron chi connectivity index (χ3n) is 3.91. The number of fused-ring (bicyclic) bond motifs is 1. The van der Waals surface area contributed by atoms with E-state index in [9.17, 15) is 9.90 Å². The van der Waals surface area contributed by atoms with Crippen LogP contribution in [0.4, 0.5) is 4.79 Å². The van der Waals surface area contributed by atoms with Crippen molar-refractivity contribution in [2.24, 2.45) is 0 Å². The molecule has 0 radical (unpaired) electrons. The topological polar surface area (TPSA) is 70.6 Å². The fourth-order valence-electron chi connectivity index (χ4n) is 2.63. The molecule has 0 saturated carbocycles. The van der Waals surface area contributed by atoms with E-state index in [1.54, 1.807) is 6.92 Å². The van der Waals surface area contributed by atoms with Crippen LogP contribution in [0.5, 0.6) is 5.75 Å². The van der Waals surface area contributed by atoms with Crippen LogP contribution >= 0.6 is 11.3 Å². The molecule has 6 heteroatoms. The highest BCUT2D eigenvalue weighted by atomic mass is 32.1. The smallest absolute Gasteiger partial charge is 0.315 e. The monoisotopic (exact) mass is 332 g/mol. The molecule has 0 bridgehead atoms. The van der Waals surface area contributed by atoms with Gasteiger partial charge in [0.05, 0.1) is 19.2 Å². The van der Waals surface area contributed by atoms with Crippen molar-refractivity contribution in [1.29, 1.82) is 0 Å². The predicted octanol–water partition coefficient (Wildman–Crippen LogP) is 2.78. The molecule has 2 atom stereocenters. The quantitative estimate of drug-likeness (QED) is 0.806. The molecule has 23 heavy (non-hydrogen) atoms. The van der Waals surface area contributed by atoms with E-state index >= 15 is 0 Å². The minimum atomic E-state index is -1.07. The van der Waals surface area contributed by atoms with E-state index in [2.05, 4.69) is 10.6 Å². The van der Waals surface area contributed by atoms with Crippen LogP contribution in [-0.2, 0) is 5.60 Å². The lowest BCUT2D eigenvalue weighted by atomic mass is 10.0. The summed E-state index contributed by atoms with van der Waals surface area (Å²) in [5.41, 5.74) is -0.0852. The molecule has 2 aromatic rings. The number of aliphatic hydroxyl groups is 1. The molecule has 0 aliphatic carbocycles. The summed E-state index contributed by atoms with van der Waals surface area (Å²) in [6.07, 6.45) is 0.728. The highest BCUT2D eigenvalue weighted by molar-refractivity contribution is 7.10. The number of benzene rings is 1. The van der Waals surface area contributed by atoms with E-state index in [1.807, 2.05) is 41.8 Å². The number of para-hydroxylation sites is 1. The molecule has 3 rings (SSSR count). The number of rotatable bonds is 4. The molecule has 3 N–H and O–H groups in total. The Bertz CT molecular complexity index is 670. The number of ether oxygens (including phenoxy) is 1. The van der Waals surface area contributed by atoms with Gasteiger partial charge in [0.15, 0.2) is 0 Å². The first-order chi connectivity index (χ1) is 11.1. The summed E-state index contributed by atoms with van der Waals surface area (Å²) < 4.78 is 5.59. The van der Waals surface area contributed by atoms with Crippen LogP contribution in [0.1, 0.15) is 29.8 Å². The Morgan fingerprint density at radius 1 is 1.39 bits per heavy atom. The van der Waals surface area contributed by atoms with Crippen molar-refractivity contribution in [2.75, 3.05) is 13.2 Å². The number of amides is 2. The molecule has 0 spiro atoms. The maximum Gasteiger partial charge on any atom is 0.315 e. The van der Waals surface area contributed by atoms with Gasteiger partial charge in [0.2, 0.25) is 0 Å². The summed E-state index contributed by atoms with van der Waals surface area (Å²) >= 11 is 1.47. The third kappa shape index (κ3) is 3.65. The molecule has 1 aliphatic heterocycles. The average Bonchev–Trinajstić information content (AvgIpc) is 3.09. The zero-order valence-corrected chi connectivity index (χ0v) is 13.7. The number of carbonyl (C=O) groups is 1. The Morgan fingerprint density at radius 3 is 3.00 bits per heavy atom. The molecule has 0 saturated heterocycles. The Labute approximate surface area is 139 Å². The van der Waals surface area contributed by atoms with Gasteiger partial charge in [-0.15, -0.1) is 11.3 Å². The minimum Gasteiger partial charge on any atom is -0.493 e. The van der Waals surface area contributed by atoms with Gasteiger partial charge < -0.3 is 20.5 Å². The van der Waals surface area contributed by atoms with Gasteiger partial charge in [-0.3, -0.25) is 0 Å². The first-order valence-corrected chi connectivity index (χ1v) is 8.47. The first kappa shape index (κ1) is 15.8. The Kier molecular flexibility index (Phi) is 4.54. The van der Waals surface area contributed by atoms with E-state index in [4.69, 9.17) is 4.74 Å². The largest absolute Gasteiger partial charge is 0.493 e. The van der Waals surface area contributed by atoms with Crippen LogP contribution in [0, 0.1) is 0 Å². The van der Waals surface area contributed by atoms with Gasteiger partial charge in [-0.2, -0.15) is 0 Å². The summed E-state index contributed by atoms with van der Waals surface area (Å²) in [5.74, 6) is 0.814. The van der Waals surface area contributed by atoms with E-state index in [0.29, 0.717) is 6.61 Å². The van der Waals surface area contributed by atoms with Gasteiger partial charge in [-0.25, -0.2) is 4.79 Å². The number of urea groups is 1. The maximum absolute atomic E-state index is 12.2. The highest BCUT2D eigenvalue weighted by Gasteiger charge is 2.26. The van der Waals surface area contributed by atoms with Crippen molar-refractivity contribution in [3.63, 3.8) is 0 Å². The summed E-state index contributed by atoms with van der Waals surface area (Å²) in [5, 5.41) is 18.1. The first-order valence-electron chi connectivity index (χ1n) is 7.59. The van der Waals surface area contributed by atoms with E-state index in [1.165, 1.54) is 11.3 Å². The van der Waals surface area contributed by atoms with Crippen molar-refractivity contribution in [3.05, 3.63) is 52.2 Å². The van der Waals surface area contributed by atoms with Crippen molar-refractivity contribution in [1.82, 2.24) is 10.6 Å². The Morgan fingerprint density at radius 2 is 2.22 bits per heavy atom. The van der Waals surface area contributed by atoms with Crippen LogP contribution in [0.3, 0.4) is 0 Å². The van der Waals surface area contributed by atoms with Gasteiger partial charge in [0.1, 0.15) is 11.4 Å². The molecule has 0 unspecified atom stereocenters. The predicted molar refractivity (Wildman–Crippen MR) is 89.7 cm³/mol. The lowest BCUT2D eigenvalue weighted by Gasteiger charge is -2.28. The van der Waals surface area contributed by atoms with Crippen LogP contribution in [0.2, 0.25) is 0 Å². The van der Waals surface area contributed by atoms with Crippen molar-refractivity contribution >= 4 is 17.4 Å². The number of hydrogen-bond donors (Lipinski definition) is 3. The second-order valence-electron chi connectivity index (χ2n) is 5.81. The molecule has 0 fully saturated rings. The zero-order valence-electron chi connectivity index (χ0n) is 12.9. The summed E-state index contributed by atoms with van der Waals surface area (Å²) in [4.78, 5) is 13.0. The summed E-state index contributed by atoms with van der Waals surface area (Å²) in [7, 11) is 0. The Hall–Kier alpha value is -2.05. The van der Waals surface area contributed by atoms with Gasteiger partial charge in [0, 0.05) is 16.9 Å². The van der Waals surface area contributed by atoms with E-state index in [0.717, 1.165) is 22.6 Å². The van der Waals surface area contributed by atoms with Crippen molar-refractivity contribution in [2.45, 2.75) is 25.0 Å². The number of nitrogens with one attached hydrogen (secondary N) is 2. The average molecular weight is 332 g/mol. The molecule has 2 heterocycles. The number of hydrogen-bond acceptors (Lipinski definition) is 4. The van der Waals surface area contributed by atoms with Crippen LogP contribution in [-0.4, -0.2) is 24.3 Å². The second kappa shape index (κ2) is 6.60. The summed E-state index contributed by atoms with van der Waals surface area (Å²) in [6, 6.07) is 11.1. The second-order valence-corrected chi connectivity index (χ2v) is 6.75. The summed E-state index contributed by atoms with van der Waals surface area (Å²) in [6.45, 7) is 2.43. The van der Waals surface area contributed by atoms with Crippen LogP contribution in [0.15, 0.2) is 41.8 Å². The van der Waals surface area contributed by atoms with Crippen molar-refractivity contribution in [3.8, 4) is 5.75 Å². The molecule has 1 aliphatic rings. The number of carbonyl (C=O) groups excluding carboxylic acids is 1. The van der Waals surface area contributed by atoms with Gasteiger partial charge in [-0.1, -0.05) is 24.3 Å². The molecular weight excluding hydrogens is 312 g/mol. The van der Waals surface area contributed by atoms with Crippen LogP contribution in [0.25, 0.3) is 0 Å². The molecule has 2 amide bonds. The third-order valence-corrected chi connectivity index (χ3v) is 5.03. The number of thiophene rings is 1. The Balaban J connectivity index is 1.58. The van der Waals surface area contributed by atoms with E-state index in [-0.39, 0.29) is 18.6 Å². The molecule has 122 valence electrons. The molecule has 5 nitrogen and oxygen atoms in total. The lowest BCUT2D eigenvalue weighted by Crippen LogP contribution is -2.45. The van der Waals surface area contributed by atoms with Gasteiger partial charge >= 0.3 is 6.03 Å². The SMILES string of the molecule is C[C@](O)(CNC(=O)N[C@@H]1CCOc2ccccc21)c1cccs1. The molecular formula is C17H20N2O3S. The highest BCUT2D eigenvalue weighted by Crippen LogP contribution is 2.31. The van der Waals surface area contributed by atoms with E-state index < -0.39 is 5.60 Å². The molecule has 1 aromatic carbocycles. The standard InChI is InChI=1S/C17H20N2O3S/c1-17(21,15-7-4-10-23-15)11-18-16(20)19-13-8-9-22-14-6-3-2-5-12(13)14/h2-7,10,13,21H,8-9,11H2,1H3,(H2,18,19,20)/t13-,17+/m1/s1.